The van der Waals surface area contributed by atoms with Crippen LogP contribution in [0.3, 0.4) is 0 Å². The fraction of sp³-hybridized carbons (Fsp3) is 0.400. The molecule has 2 rings (SSSR count). The highest BCUT2D eigenvalue weighted by Crippen LogP contribution is 2.29. The Hall–Kier alpha value is -1.64. The van der Waals surface area contributed by atoms with Crippen LogP contribution >= 0.6 is 0 Å². The number of hydrogen-bond donors (Lipinski definition) is 0. The molecule has 2 aromatic rings. The maximum atomic E-state index is 13.6. The van der Waals surface area contributed by atoms with Crippen molar-refractivity contribution in [1.29, 1.82) is 0 Å². The summed E-state index contributed by atoms with van der Waals surface area (Å²) < 4.78 is 18.7. The number of benzene rings is 1. The molecule has 98 valence electrons. The zero-order valence-corrected chi connectivity index (χ0v) is 11.9. The molecule has 0 amide bonds. The molecule has 0 saturated carbocycles. The van der Waals surface area contributed by atoms with Crippen LogP contribution in [0.1, 0.15) is 36.4 Å². The van der Waals surface area contributed by atoms with Crippen LogP contribution in [0.2, 0.25) is 0 Å². The molecule has 0 N–H and O–H groups in total. The van der Waals surface area contributed by atoms with E-state index in [1.54, 1.807) is 6.92 Å². The fourth-order valence-electron chi connectivity index (χ4n) is 1.86. The van der Waals surface area contributed by atoms with E-state index in [-0.39, 0.29) is 5.82 Å². The molecule has 18 heavy (non-hydrogen) atoms. The number of hydrogen-bond acceptors (Lipinski definition) is 2. The normalized spacial score (nSPS) is 9.94. The van der Waals surface area contributed by atoms with Gasteiger partial charge in [0.25, 0.3) is 0 Å². The molecule has 1 aromatic heterocycles. The van der Waals surface area contributed by atoms with E-state index in [9.17, 15) is 4.39 Å². The third-order valence-electron chi connectivity index (χ3n) is 2.93. The van der Waals surface area contributed by atoms with Gasteiger partial charge < -0.3 is 4.52 Å². The van der Waals surface area contributed by atoms with Gasteiger partial charge in [-0.1, -0.05) is 25.1 Å². The van der Waals surface area contributed by atoms with Gasteiger partial charge in [0, 0.05) is 5.56 Å². The van der Waals surface area contributed by atoms with E-state index >= 15 is 0 Å². The first-order valence-corrected chi connectivity index (χ1v) is 6.20. The number of aromatic nitrogens is 1. The average Bonchev–Trinajstić information content (AvgIpc) is 2.68. The lowest BCUT2D eigenvalue weighted by Crippen LogP contribution is -1.91. The van der Waals surface area contributed by atoms with Gasteiger partial charge in [-0.05, 0) is 50.5 Å². The van der Waals surface area contributed by atoms with Gasteiger partial charge in [-0.15, -0.1) is 0 Å². The van der Waals surface area contributed by atoms with Gasteiger partial charge in [-0.3, -0.25) is 0 Å². The molecular weight excluding hydrogens is 229 g/mol. The highest BCUT2D eigenvalue weighted by molar-refractivity contribution is 5.68. The second-order valence-electron chi connectivity index (χ2n) is 4.10. The molecule has 0 radical (unpaired) electrons. The van der Waals surface area contributed by atoms with E-state index in [2.05, 4.69) is 5.16 Å². The lowest BCUT2D eigenvalue weighted by molar-refractivity contribution is 0.393. The van der Waals surface area contributed by atoms with Crippen molar-refractivity contribution in [2.45, 2.75) is 41.5 Å². The summed E-state index contributed by atoms with van der Waals surface area (Å²) in [4.78, 5) is 0. The molecule has 0 saturated heterocycles. The minimum Gasteiger partial charge on any atom is -0.361 e. The molecule has 0 atom stereocenters. The zero-order chi connectivity index (χ0) is 13.9. The monoisotopic (exact) mass is 249 g/mol. The van der Waals surface area contributed by atoms with E-state index in [0.29, 0.717) is 5.56 Å². The lowest BCUT2D eigenvalue weighted by atomic mass is 9.99. The molecule has 1 heterocycles. The first kappa shape index (κ1) is 14.4. The average molecular weight is 249 g/mol. The molecule has 0 aliphatic heterocycles. The van der Waals surface area contributed by atoms with Gasteiger partial charge in [-0.2, -0.15) is 0 Å². The topological polar surface area (TPSA) is 26.0 Å². The van der Waals surface area contributed by atoms with Crippen molar-refractivity contribution in [3.05, 3.63) is 40.5 Å². The highest BCUT2D eigenvalue weighted by Gasteiger charge is 2.13. The Morgan fingerprint density at radius 1 is 1.06 bits per heavy atom. The summed E-state index contributed by atoms with van der Waals surface area (Å²) >= 11 is 0. The summed E-state index contributed by atoms with van der Waals surface area (Å²) in [7, 11) is 0. The standard InChI is InChI=1S/C13H14FNO.C2H6/c1-7-5-11(6-12(14)8(7)2)13-9(3)15-16-10(13)4;1-2/h5-6H,1-4H3;1-2H3. The zero-order valence-electron chi connectivity index (χ0n) is 11.9. The van der Waals surface area contributed by atoms with E-state index < -0.39 is 0 Å². The lowest BCUT2D eigenvalue weighted by Gasteiger charge is -2.06. The number of nitrogens with zero attached hydrogens (tertiary/aromatic N) is 1. The Bertz CT molecular complexity index is 501. The molecule has 1 aromatic carbocycles. The quantitative estimate of drug-likeness (QED) is 0.729. The van der Waals surface area contributed by atoms with Crippen LogP contribution < -0.4 is 0 Å². The van der Waals surface area contributed by atoms with Gasteiger partial charge in [0.15, 0.2) is 0 Å². The first-order valence-electron chi connectivity index (χ1n) is 6.20. The number of halogens is 1. The highest BCUT2D eigenvalue weighted by atomic mass is 19.1. The molecule has 0 aliphatic carbocycles. The van der Waals surface area contributed by atoms with Gasteiger partial charge in [-0.25, -0.2) is 4.39 Å². The number of aryl methyl sites for hydroxylation is 3. The van der Waals surface area contributed by atoms with Crippen LogP contribution in [0, 0.1) is 33.5 Å². The molecule has 0 aliphatic rings. The van der Waals surface area contributed by atoms with Crippen LogP contribution in [0.25, 0.3) is 11.1 Å². The summed E-state index contributed by atoms with van der Waals surface area (Å²) in [6, 6.07) is 3.50. The van der Waals surface area contributed by atoms with Gasteiger partial charge in [0.1, 0.15) is 11.6 Å². The van der Waals surface area contributed by atoms with Crippen molar-refractivity contribution in [3.8, 4) is 11.1 Å². The maximum absolute atomic E-state index is 13.6. The van der Waals surface area contributed by atoms with Crippen molar-refractivity contribution in [1.82, 2.24) is 5.16 Å². The van der Waals surface area contributed by atoms with Gasteiger partial charge in [0.05, 0.1) is 5.69 Å². The summed E-state index contributed by atoms with van der Waals surface area (Å²) in [5, 5.41) is 3.88. The Labute approximate surface area is 108 Å². The Morgan fingerprint density at radius 3 is 2.11 bits per heavy atom. The SMILES string of the molecule is CC.Cc1cc(-c2c(C)noc2C)cc(F)c1C. The third kappa shape index (κ3) is 2.61. The van der Waals surface area contributed by atoms with E-state index in [1.807, 2.05) is 40.7 Å². The Balaban J connectivity index is 0.000000771. The van der Waals surface area contributed by atoms with Gasteiger partial charge >= 0.3 is 0 Å². The minimum absolute atomic E-state index is 0.185. The van der Waals surface area contributed by atoms with Crippen LogP contribution in [0.5, 0.6) is 0 Å². The first-order chi connectivity index (χ1) is 8.50. The smallest absolute Gasteiger partial charge is 0.141 e. The second kappa shape index (κ2) is 5.80. The van der Waals surface area contributed by atoms with Crippen molar-refractivity contribution < 1.29 is 8.91 Å². The number of rotatable bonds is 1. The summed E-state index contributed by atoms with van der Waals surface area (Å²) in [5.74, 6) is 0.537. The largest absolute Gasteiger partial charge is 0.361 e. The predicted molar refractivity (Wildman–Crippen MR) is 72.2 cm³/mol. The van der Waals surface area contributed by atoms with E-state index in [0.717, 1.165) is 28.1 Å². The van der Waals surface area contributed by atoms with E-state index in [4.69, 9.17) is 4.52 Å². The molecule has 0 unspecified atom stereocenters. The molecule has 3 heteroatoms. The fourth-order valence-corrected chi connectivity index (χ4v) is 1.86. The third-order valence-corrected chi connectivity index (χ3v) is 2.93. The van der Waals surface area contributed by atoms with Crippen molar-refractivity contribution in [3.63, 3.8) is 0 Å². The molecule has 0 spiro atoms. The van der Waals surface area contributed by atoms with Crippen molar-refractivity contribution in [2.24, 2.45) is 0 Å². The Morgan fingerprint density at radius 2 is 1.67 bits per heavy atom. The van der Waals surface area contributed by atoms with Gasteiger partial charge in [0.2, 0.25) is 0 Å². The van der Waals surface area contributed by atoms with Crippen molar-refractivity contribution >= 4 is 0 Å². The second-order valence-corrected chi connectivity index (χ2v) is 4.10. The predicted octanol–water partition coefficient (Wildman–Crippen LogP) is 4.74. The molecule has 0 bridgehead atoms. The summed E-state index contributed by atoms with van der Waals surface area (Å²) in [5.41, 5.74) is 4.14. The minimum atomic E-state index is -0.185. The molecular formula is C15H20FNO. The van der Waals surface area contributed by atoms with E-state index in [1.165, 1.54) is 6.07 Å². The molecule has 2 nitrogen and oxygen atoms in total. The van der Waals surface area contributed by atoms with Crippen LogP contribution in [0.15, 0.2) is 16.7 Å². The maximum Gasteiger partial charge on any atom is 0.141 e. The summed E-state index contributed by atoms with van der Waals surface area (Å²) in [6.07, 6.45) is 0. The van der Waals surface area contributed by atoms with Crippen LogP contribution in [-0.2, 0) is 0 Å². The molecule has 0 fully saturated rings. The van der Waals surface area contributed by atoms with Crippen molar-refractivity contribution in [2.75, 3.05) is 0 Å². The Kier molecular flexibility index (Phi) is 4.65. The van der Waals surface area contributed by atoms with Crippen LogP contribution in [-0.4, -0.2) is 5.16 Å². The van der Waals surface area contributed by atoms with Crippen LogP contribution in [0.4, 0.5) is 4.39 Å². The summed E-state index contributed by atoms with van der Waals surface area (Å²) in [6.45, 7) is 11.4.